The maximum atomic E-state index is 12.7. The van der Waals surface area contributed by atoms with E-state index in [1.807, 2.05) is 51.5 Å². The molecule has 0 aliphatic heterocycles. The third-order valence-corrected chi connectivity index (χ3v) is 13.4. The van der Waals surface area contributed by atoms with E-state index in [0.29, 0.717) is 37.2 Å². The van der Waals surface area contributed by atoms with Gasteiger partial charge in [0.2, 0.25) is 0 Å². The van der Waals surface area contributed by atoms with Crippen molar-refractivity contribution in [1.29, 1.82) is 0 Å². The molecule has 64 heavy (non-hydrogen) atoms. The van der Waals surface area contributed by atoms with Gasteiger partial charge < -0.3 is 33.2 Å². The van der Waals surface area contributed by atoms with E-state index in [4.69, 9.17) is 18.5 Å². The van der Waals surface area contributed by atoms with Gasteiger partial charge in [-0.25, -0.2) is 0 Å². The highest BCUT2D eigenvalue weighted by Gasteiger charge is 2.20. The Labute approximate surface area is 395 Å². The second-order valence-electron chi connectivity index (χ2n) is 19.9. The van der Waals surface area contributed by atoms with Gasteiger partial charge >= 0.3 is 5.97 Å². The number of carbonyl (C=O) groups is 1. The van der Waals surface area contributed by atoms with Gasteiger partial charge in [-0.1, -0.05) is 236 Å². The molecule has 0 aromatic heterocycles. The number of likely N-dealkylation sites (N-methyl/N-ethyl adjacent to an activating group) is 1. The summed E-state index contributed by atoms with van der Waals surface area (Å²) < 4.78 is 35.3. The maximum Gasteiger partial charge on any atom is 0.306 e. The molecule has 0 bridgehead atoms. The number of hydrogen-bond acceptors (Lipinski definition) is 8. The van der Waals surface area contributed by atoms with E-state index in [-0.39, 0.29) is 19.2 Å². The van der Waals surface area contributed by atoms with Crippen LogP contribution < -0.4 is 10.2 Å². The number of hydrogen-bond donors (Lipinski definition) is 1. The average Bonchev–Trinajstić information content (AvgIpc) is 3.26. The molecule has 10 heteroatoms. The number of benzene rings is 1. The van der Waals surface area contributed by atoms with Crippen molar-refractivity contribution in [3.63, 3.8) is 0 Å². The molecule has 0 aliphatic carbocycles. The molecule has 9 nitrogen and oxygen atoms in total. The molecule has 2 atom stereocenters. The molecule has 1 aromatic carbocycles. The number of nitrogens with one attached hydrogen (secondary N) is 1. The second kappa shape index (κ2) is 44.2. The number of phosphoric acid groups is 1. The highest BCUT2D eigenvalue weighted by atomic mass is 31.2. The third-order valence-electron chi connectivity index (χ3n) is 12.3. The second-order valence-corrected chi connectivity index (χ2v) is 21.2. The number of carbonyl (C=O) groups excluding carboxylic acids is 1. The van der Waals surface area contributed by atoms with E-state index in [1.54, 1.807) is 0 Å². The first-order chi connectivity index (χ1) is 31.1. The van der Waals surface area contributed by atoms with Crippen LogP contribution in [0.5, 0.6) is 0 Å². The van der Waals surface area contributed by atoms with Crippen LogP contribution in [0, 0.1) is 0 Å². The van der Waals surface area contributed by atoms with Crippen LogP contribution in [0.25, 0.3) is 0 Å². The zero-order valence-electron chi connectivity index (χ0n) is 42.4. The largest absolute Gasteiger partial charge is 0.756 e. The fourth-order valence-corrected chi connectivity index (χ4v) is 9.02. The lowest BCUT2D eigenvalue weighted by molar-refractivity contribution is -0.870. The predicted octanol–water partition coefficient (Wildman–Crippen LogP) is 14.6. The Hall–Kier alpha value is -1.32. The summed E-state index contributed by atoms with van der Waals surface area (Å²) in [6, 6.07) is 9.88. The van der Waals surface area contributed by atoms with Crippen molar-refractivity contribution in [1.82, 2.24) is 5.32 Å². The minimum absolute atomic E-state index is 0.0790. The SMILES string of the molecule is CCCCCCCCCCCCCCCCCCOCC(CNCCCCCCCCCCCCCCCCCCCCC(=O)OCc1ccccc1)OP(=O)([O-])OCC[N+](C)(C)C. The van der Waals surface area contributed by atoms with Crippen LogP contribution >= 0.6 is 7.82 Å². The van der Waals surface area contributed by atoms with Crippen molar-refractivity contribution < 1.29 is 37.3 Å². The summed E-state index contributed by atoms with van der Waals surface area (Å²) in [5, 5.41) is 3.43. The minimum atomic E-state index is -4.43. The normalized spacial score (nSPS) is 13.3. The van der Waals surface area contributed by atoms with Crippen molar-refractivity contribution in [3.8, 4) is 0 Å². The molecule has 1 aromatic rings. The van der Waals surface area contributed by atoms with Crippen molar-refractivity contribution in [2.75, 3.05) is 60.6 Å². The Morgan fingerprint density at radius 3 is 1.47 bits per heavy atom. The molecule has 0 amide bonds. The van der Waals surface area contributed by atoms with Crippen LogP contribution in [0.2, 0.25) is 0 Å². The number of nitrogens with zero attached hydrogens (tertiary/aromatic N) is 1. The fraction of sp³-hybridized carbons (Fsp3) is 0.870. The summed E-state index contributed by atoms with van der Waals surface area (Å²) in [6.45, 7) is 5.50. The van der Waals surface area contributed by atoms with Gasteiger partial charge in [-0.05, 0) is 31.4 Å². The highest BCUT2D eigenvalue weighted by molar-refractivity contribution is 7.45. The molecule has 0 saturated carbocycles. The Morgan fingerprint density at radius 2 is 1.02 bits per heavy atom. The first-order valence-corrected chi connectivity index (χ1v) is 28.5. The van der Waals surface area contributed by atoms with Crippen molar-refractivity contribution in [3.05, 3.63) is 35.9 Å². The van der Waals surface area contributed by atoms with Gasteiger partial charge in [0.25, 0.3) is 7.82 Å². The monoisotopic (exact) mass is 923 g/mol. The van der Waals surface area contributed by atoms with Gasteiger partial charge in [-0.2, -0.15) is 0 Å². The molecular formula is C54H103N2O7P. The third kappa shape index (κ3) is 44.5. The molecular weight excluding hydrogens is 820 g/mol. The number of phosphoric ester groups is 1. The van der Waals surface area contributed by atoms with Crippen LogP contribution in [0.4, 0.5) is 0 Å². The van der Waals surface area contributed by atoms with Crippen LogP contribution in [0.3, 0.4) is 0 Å². The maximum absolute atomic E-state index is 12.7. The van der Waals surface area contributed by atoms with E-state index >= 15 is 0 Å². The van der Waals surface area contributed by atoms with Gasteiger partial charge in [0.1, 0.15) is 25.9 Å². The van der Waals surface area contributed by atoms with E-state index in [9.17, 15) is 14.3 Å². The fourth-order valence-electron chi connectivity index (χ4n) is 8.15. The first-order valence-electron chi connectivity index (χ1n) is 27.0. The van der Waals surface area contributed by atoms with Crippen molar-refractivity contribution in [2.45, 2.75) is 244 Å². The molecule has 2 unspecified atom stereocenters. The number of unbranched alkanes of at least 4 members (excludes halogenated alkanes) is 32. The Bertz CT molecular complexity index is 1180. The molecule has 0 heterocycles. The lowest BCUT2D eigenvalue weighted by Crippen LogP contribution is -2.38. The molecule has 0 fully saturated rings. The van der Waals surface area contributed by atoms with Crippen LogP contribution in [-0.4, -0.2) is 77.2 Å². The lowest BCUT2D eigenvalue weighted by atomic mass is 10.0. The Balaban J connectivity index is 2.00. The molecule has 0 radical (unpaired) electrons. The Morgan fingerprint density at radius 1 is 0.594 bits per heavy atom. The standard InChI is InChI=1S/C54H103N2O7P/c1-5-6-7-8-9-10-11-12-13-20-23-26-29-32-35-41-47-60-51-53(63-64(58,59)62-48-46-56(2,3)4)49-55-45-40-34-31-28-25-22-19-17-15-14-16-18-21-24-27-30-33-39-44-54(57)61-50-52-42-37-36-38-43-52/h36-38,42-43,53,55H,5-35,39-41,44-51H2,1-4H3. The van der Waals surface area contributed by atoms with Crippen LogP contribution in [0.15, 0.2) is 30.3 Å². The number of esters is 1. The summed E-state index contributed by atoms with van der Waals surface area (Å²) in [5.41, 5.74) is 1.04. The molecule has 0 saturated heterocycles. The van der Waals surface area contributed by atoms with Gasteiger partial charge in [0.15, 0.2) is 0 Å². The highest BCUT2D eigenvalue weighted by Crippen LogP contribution is 2.39. The van der Waals surface area contributed by atoms with Gasteiger partial charge in [0.05, 0.1) is 27.7 Å². The minimum Gasteiger partial charge on any atom is -0.756 e. The predicted molar refractivity (Wildman–Crippen MR) is 269 cm³/mol. The van der Waals surface area contributed by atoms with E-state index in [0.717, 1.165) is 44.2 Å². The topological polar surface area (TPSA) is 106 Å². The molecule has 0 spiro atoms. The number of ether oxygens (including phenoxy) is 2. The molecule has 376 valence electrons. The number of quaternary nitrogens is 1. The summed E-state index contributed by atoms with van der Waals surface area (Å²) in [6.07, 6.45) is 44.2. The van der Waals surface area contributed by atoms with Crippen molar-refractivity contribution in [2.24, 2.45) is 0 Å². The molecule has 1 rings (SSSR count). The summed E-state index contributed by atoms with van der Waals surface area (Å²) >= 11 is 0. The first kappa shape index (κ1) is 60.7. The summed E-state index contributed by atoms with van der Waals surface area (Å²) in [4.78, 5) is 24.6. The lowest BCUT2D eigenvalue weighted by Gasteiger charge is -2.30. The van der Waals surface area contributed by atoms with E-state index in [1.165, 1.54) is 186 Å². The zero-order chi connectivity index (χ0) is 46.5. The zero-order valence-corrected chi connectivity index (χ0v) is 43.3. The van der Waals surface area contributed by atoms with Gasteiger partial charge in [0, 0.05) is 19.6 Å². The molecule has 0 aliphatic rings. The quantitative estimate of drug-likeness (QED) is 0.0298. The van der Waals surface area contributed by atoms with E-state index < -0.39 is 13.9 Å². The van der Waals surface area contributed by atoms with Gasteiger partial charge in [-0.3, -0.25) is 9.36 Å². The average molecular weight is 923 g/mol. The number of rotatable bonds is 50. The Kier molecular flexibility index (Phi) is 41.9. The van der Waals surface area contributed by atoms with Crippen LogP contribution in [-0.2, 0) is 34.5 Å². The summed E-state index contributed by atoms with van der Waals surface area (Å²) in [5.74, 6) is -0.0790. The van der Waals surface area contributed by atoms with Crippen molar-refractivity contribution >= 4 is 13.8 Å². The summed E-state index contributed by atoms with van der Waals surface area (Å²) in [7, 11) is 1.60. The van der Waals surface area contributed by atoms with Gasteiger partial charge in [-0.15, -0.1) is 0 Å². The van der Waals surface area contributed by atoms with Crippen LogP contribution in [0.1, 0.15) is 237 Å². The van der Waals surface area contributed by atoms with E-state index in [2.05, 4.69) is 12.2 Å². The smallest absolute Gasteiger partial charge is 0.306 e. The molecule has 1 N–H and O–H groups in total.